The Morgan fingerprint density at radius 1 is 1.27 bits per heavy atom. The molecule has 22 heavy (non-hydrogen) atoms. The van der Waals surface area contributed by atoms with Gasteiger partial charge in [0.2, 0.25) is 0 Å². The van der Waals surface area contributed by atoms with Crippen molar-refractivity contribution in [1.29, 1.82) is 0 Å². The molecule has 1 aromatic carbocycles. The third kappa shape index (κ3) is 5.24. The first-order chi connectivity index (χ1) is 10.3. The van der Waals surface area contributed by atoms with E-state index in [1.807, 2.05) is 56.5 Å². The van der Waals surface area contributed by atoms with Gasteiger partial charge in [-0.15, -0.1) is 11.3 Å². The van der Waals surface area contributed by atoms with Crippen molar-refractivity contribution >= 4 is 40.4 Å². The van der Waals surface area contributed by atoms with Crippen LogP contribution in [-0.4, -0.2) is 11.7 Å². The molecule has 6 heteroatoms. The van der Waals surface area contributed by atoms with Crippen molar-refractivity contribution in [2.45, 2.75) is 32.9 Å². The number of hydrogen-bond acceptors (Lipinski definition) is 4. The second kappa shape index (κ2) is 7.03. The van der Waals surface area contributed by atoms with Crippen molar-refractivity contribution in [3.63, 3.8) is 0 Å². The number of thiophene rings is 1. The van der Waals surface area contributed by atoms with E-state index in [2.05, 4.69) is 10.6 Å². The molecule has 0 aliphatic rings. The van der Waals surface area contributed by atoms with Gasteiger partial charge >= 0.3 is 6.09 Å². The van der Waals surface area contributed by atoms with Crippen LogP contribution < -0.4 is 10.6 Å². The summed E-state index contributed by atoms with van der Waals surface area (Å²) >= 11 is 7.50. The average Bonchev–Trinajstić information content (AvgIpc) is 2.81. The largest absolute Gasteiger partial charge is 0.444 e. The number of carbonyl (C=O) groups is 1. The highest BCUT2D eigenvalue weighted by Crippen LogP contribution is 2.25. The van der Waals surface area contributed by atoms with Crippen LogP contribution in [-0.2, 0) is 11.3 Å². The van der Waals surface area contributed by atoms with Crippen LogP contribution in [0.4, 0.5) is 16.2 Å². The number of anilines is 2. The maximum Gasteiger partial charge on any atom is 0.412 e. The smallest absolute Gasteiger partial charge is 0.412 e. The summed E-state index contributed by atoms with van der Waals surface area (Å²) in [5, 5.41) is 8.69. The van der Waals surface area contributed by atoms with Gasteiger partial charge in [0.15, 0.2) is 0 Å². The Hall–Kier alpha value is -1.72. The normalized spacial score (nSPS) is 11.1. The molecule has 2 N–H and O–H groups in total. The number of benzene rings is 1. The molecule has 0 saturated heterocycles. The van der Waals surface area contributed by atoms with E-state index in [4.69, 9.17) is 16.3 Å². The summed E-state index contributed by atoms with van der Waals surface area (Å²) in [6, 6.07) is 9.42. The molecule has 2 rings (SSSR count). The van der Waals surface area contributed by atoms with Gasteiger partial charge in [-0.3, -0.25) is 5.32 Å². The van der Waals surface area contributed by atoms with Gasteiger partial charge in [0.05, 0.1) is 16.4 Å². The number of carbonyl (C=O) groups excluding carboxylic acids is 1. The van der Waals surface area contributed by atoms with Gasteiger partial charge in [0, 0.05) is 16.8 Å². The number of rotatable bonds is 4. The zero-order valence-electron chi connectivity index (χ0n) is 12.8. The summed E-state index contributed by atoms with van der Waals surface area (Å²) in [7, 11) is 0. The standard InChI is InChI=1S/C16H19ClN2O2S/c1-16(2,3)21-15(20)19-14-7-5-4-6-13(14)18-9-12-8-11(17)10-22-12/h4-8,10,18H,9H2,1-3H3,(H,19,20). The van der Waals surface area contributed by atoms with Crippen LogP contribution >= 0.6 is 22.9 Å². The summed E-state index contributed by atoms with van der Waals surface area (Å²) in [5.41, 5.74) is 0.984. The third-order valence-electron chi connectivity index (χ3n) is 2.64. The Labute approximate surface area is 139 Å². The van der Waals surface area contributed by atoms with Crippen molar-refractivity contribution < 1.29 is 9.53 Å². The van der Waals surface area contributed by atoms with Gasteiger partial charge in [-0.25, -0.2) is 4.79 Å². The van der Waals surface area contributed by atoms with E-state index in [1.54, 1.807) is 11.3 Å². The molecule has 118 valence electrons. The number of hydrogen-bond donors (Lipinski definition) is 2. The van der Waals surface area contributed by atoms with E-state index in [-0.39, 0.29) is 0 Å². The lowest BCUT2D eigenvalue weighted by molar-refractivity contribution is 0.0636. The van der Waals surface area contributed by atoms with E-state index < -0.39 is 11.7 Å². The molecule has 0 aliphatic carbocycles. The number of ether oxygens (including phenoxy) is 1. The Morgan fingerprint density at radius 3 is 2.55 bits per heavy atom. The van der Waals surface area contributed by atoms with Gasteiger partial charge < -0.3 is 10.1 Å². The summed E-state index contributed by atoms with van der Waals surface area (Å²) < 4.78 is 5.27. The molecule has 0 spiro atoms. The third-order valence-corrected chi connectivity index (χ3v) is 3.92. The molecule has 0 bridgehead atoms. The molecular weight excluding hydrogens is 320 g/mol. The topological polar surface area (TPSA) is 50.4 Å². The predicted octanol–water partition coefficient (Wildman–Crippen LogP) is 5.36. The van der Waals surface area contributed by atoms with Crippen LogP contribution in [0.1, 0.15) is 25.6 Å². The number of nitrogens with one attached hydrogen (secondary N) is 2. The first-order valence-corrected chi connectivity index (χ1v) is 8.15. The summed E-state index contributed by atoms with van der Waals surface area (Å²) in [6.07, 6.45) is -0.471. The highest BCUT2D eigenvalue weighted by Gasteiger charge is 2.17. The monoisotopic (exact) mass is 338 g/mol. The first kappa shape index (κ1) is 16.6. The van der Waals surface area contributed by atoms with Crippen LogP contribution in [0.3, 0.4) is 0 Å². The van der Waals surface area contributed by atoms with E-state index in [1.165, 1.54) is 0 Å². The predicted molar refractivity (Wildman–Crippen MR) is 93.0 cm³/mol. The van der Waals surface area contributed by atoms with E-state index in [0.717, 1.165) is 15.6 Å². The minimum atomic E-state index is -0.528. The maximum absolute atomic E-state index is 11.9. The zero-order chi connectivity index (χ0) is 16.2. The minimum absolute atomic E-state index is 0.471. The summed E-state index contributed by atoms with van der Waals surface area (Å²) in [4.78, 5) is 13.0. The molecule has 0 radical (unpaired) electrons. The number of amides is 1. The first-order valence-electron chi connectivity index (χ1n) is 6.89. The Balaban J connectivity index is 2.01. The Kier molecular flexibility index (Phi) is 5.32. The van der Waals surface area contributed by atoms with E-state index in [9.17, 15) is 4.79 Å². The highest BCUT2D eigenvalue weighted by molar-refractivity contribution is 7.10. The number of halogens is 1. The maximum atomic E-state index is 11.9. The summed E-state index contributed by atoms with van der Waals surface area (Å²) in [6.45, 7) is 6.14. The van der Waals surface area contributed by atoms with Gasteiger partial charge in [-0.1, -0.05) is 23.7 Å². The molecular formula is C16H19ClN2O2S. The van der Waals surface area contributed by atoms with E-state index in [0.29, 0.717) is 12.2 Å². The summed E-state index contributed by atoms with van der Waals surface area (Å²) in [5.74, 6) is 0. The fraction of sp³-hybridized carbons (Fsp3) is 0.312. The highest BCUT2D eigenvalue weighted by atomic mass is 35.5. The second-order valence-electron chi connectivity index (χ2n) is 5.76. The quantitative estimate of drug-likeness (QED) is 0.788. The molecule has 0 saturated carbocycles. The van der Waals surface area contributed by atoms with Gasteiger partial charge in [0.1, 0.15) is 5.60 Å². The van der Waals surface area contributed by atoms with Crippen molar-refractivity contribution in [2.24, 2.45) is 0 Å². The fourth-order valence-electron chi connectivity index (χ4n) is 1.79. The average molecular weight is 339 g/mol. The van der Waals surface area contributed by atoms with Gasteiger partial charge in [0.25, 0.3) is 0 Å². The SMILES string of the molecule is CC(C)(C)OC(=O)Nc1ccccc1NCc1cc(Cl)cs1. The molecule has 2 aromatic rings. The lowest BCUT2D eigenvalue weighted by Crippen LogP contribution is -2.27. The van der Waals surface area contributed by atoms with E-state index >= 15 is 0 Å². The van der Waals surface area contributed by atoms with Crippen LogP contribution in [0.15, 0.2) is 35.7 Å². The Morgan fingerprint density at radius 2 is 1.95 bits per heavy atom. The fourth-order valence-corrected chi connectivity index (χ4v) is 2.80. The Bertz CT molecular complexity index is 650. The molecule has 1 amide bonds. The van der Waals surface area contributed by atoms with Gasteiger partial charge in [-0.05, 0) is 39.0 Å². The van der Waals surface area contributed by atoms with Crippen molar-refractivity contribution in [2.75, 3.05) is 10.6 Å². The van der Waals surface area contributed by atoms with Crippen molar-refractivity contribution in [1.82, 2.24) is 0 Å². The minimum Gasteiger partial charge on any atom is -0.444 e. The molecule has 1 aromatic heterocycles. The van der Waals surface area contributed by atoms with Crippen LogP contribution in [0.25, 0.3) is 0 Å². The van der Waals surface area contributed by atoms with Crippen LogP contribution in [0, 0.1) is 0 Å². The molecule has 1 heterocycles. The number of para-hydroxylation sites is 2. The lowest BCUT2D eigenvalue weighted by atomic mass is 10.2. The van der Waals surface area contributed by atoms with Crippen LogP contribution in [0.5, 0.6) is 0 Å². The molecule has 0 atom stereocenters. The molecule has 0 fully saturated rings. The molecule has 0 aliphatic heterocycles. The lowest BCUT2D eigenvalue weighted by Gasteiger charge is -2.20. The van der Waals surface area contributed by atoms with Gasteiger partial charge in [-0.2, -0.15) is 0 Å². The second-order valence-corrected chi connectivity index (χ2v) is 7.19. The van der Waals surface area contributed by atoms with Crippen LogP contribution in [0.2, 0.25) is 5.02 Å². The molecule has 4 nitrogen and oxygen atoms in total. The molecule has 0 unspecified atom stereocenters. The zero-order valence-corrected chi connectivity index (χ0v) is 14.3. The van der Waals surface area contributed by atoms with Crippen molar-refractivity contribution in [3.8, 4) is 0 Å². The van der Waals surface area contributed by atoms with Crippen molar-refractivity contribution in [3.05, 3.63) is 45.6 Å².